The number of nitrogens with zero attached hydrogens (tertiary/aromatic N) is 2. The molecule has 52 heavy (non-hydrogen) atoms. The molecule has 0 fully saturated rings. The summed E-state index contributed by atoms with van der Waals surface area (Å²) in [6.07, 6.45) is -1.42. The zero-order valence-corrected chi connectivity index (χ0v) is 28.0. The van der Waals surface area contributed by atoms with Crippen LogP contribution in [0.2, 0.25) is 0 Å². The summed E-state index contributed by atoms with van der Waals surface area (Å²) in [5.41, 5.74) is 1.49. The summed E-state index contributed by atoms with van der Waals surface area (Å²) in [4.78, 5) is 45.2. The van der Waals surface area contributed by atoms with Gasteiger partial charge in [-0.15, -0.1) is 0 Å². The molecule has 0 heterocycles. The Morgan fingerprint density at radius 3 is 1.23 bits per heavy atom. The number of anilines is 2. The van der Waals surface area contributed by atoms with Crippen molar-refractivity contribution in [2.24, 2.45) is 9.98 Å². The van der Waals surface area contributed by atoms with Gasteiger partial charge in [-0.2, -0.15) is 16.8 Å². The van der Waals surface area contributed by atoms with Crippen LogP contribution in [0, 0.1) is 0 Å². The van der Waals surface area contributed by atoms with E-state index in [4.69, 9.17) is 0 Å². The van der Waals surface area contributed by atoms with E-state index in [1.54, 1.807) is 36.4 Å². The maximum Gasteiger partial charge on any atom is 0.323 e. The molecule has 0 aliphatic heterocycles. The molecule has 0 bridgehead atoms. The SMILES string of the molecule is O=C(Nc1ccc(C(=O)N=C2C=C(S(=O)(=O)O)C(O)c3ccccc32)cc1)Nc1ccc(C(=O)N=C2C=C(S(=O)(=O)O)C(O)c3ccccc32)cc1. The van der Waals surface area contributed by atoms with E-state index in [1.165, 1.54) is 60.7 Å². The minimum absolute atomic E-state index is 0.0810. The van der Waals surface area contributed by atoms with Gasteiger partial charge in [-0.1, -0.05) is 48.5 Å². The summed E-state index contributed by atoms with van der Waals surface area (Å²) in [6.45, 7) is 0. The van der Waals surface area contributed by atoms with E-state index in [1.807, 2.05) is 0 Å². The van der Waals surface area contributed by atoms with Crippen molar-refractivity contribution >= 4 is 60.9 Å². The van der Waals surface area contributed by atoms with Crippen molar-refractivity contribution in [2.45, 2.75) is 12.2 Å². The summed E-state index contributed by atoms with van der Waals surface area (Å²) in [7, 11) is -9.60. The standard InChI is InChI=1S/C35H26N4O11S2/c40-31-25-7-3-1-5-23(25)27(17-29(31)51(45,46)47)38-33(42)19-9-13-21(14-10-19)36-35(44)37-22-15-11-20(12-16-22)34(43)39-28-18-30(52(48,49)50)32(41)26-8-4-2-6-24(26)28/h1-18,31-32,40-41H,(H2,36,37,44)(H,45,46,47)(H,48,49,50). The Morgan fingerprint density at radius 1 is 0.538 bits per heavy atom. The fourth-order valence-corrected chi connectivity index (χ4v) is 6.82. The Balaban J connectivity index is 1.12. The number of carbonyl (C=O) groups is 3. The van der Waals surface area contributed by atoms with E-state index < -0.39 is 60.1 Å². The monoisotopic (exact) mass is 742 g/mol. The van der Waals surface area contributed by atoms with E-state index in [9.17, 15) is 50.5 Å². The highest BCUT2D eigenvalue weighted by atomic mass is 32.2. The lowest BCUT2D eigenvalue weighted by molar-refractivity contribution is 0.0994. The first-order valence-corrected chi connectivity index (χ1v) is 18.0. The van der Waals surface area contributed by atoms with Gasteiger partial charge in [0, 0.05) is 33.6 Å². The van der Waals surface area contributed by atoms with Crippen molar-refractivity contribution in [2.75, 3.05) is 10.6 Å². The minimum atomic E-state index is -4.80. The quantitative estimate of drug-likeness (QED) is 0.153. The lowest BCUT2D eigenvalue weighted by atomic mass is 9.93. The second kappa shape index (κ2) is 14.0. The third kappa shape index (κ3) is 7.54. The van der Waals surface area contributed by atoms with E-state index in [0.29, 0.717) is 22.5 Å². The second-order valence-electron chi connectivity index (χ2n) is 11.4. The fourth-order valence-electron chi connectivity index (χ4n) is 5.48. The Morgan fingerprint density at radius 2 is 0.885 bits per heavy atom. The summed E-state index contributed by atoms with van der Waals surface area (Å²) < 4.78 is 66.5. The van der Waals surface area contributed by atoms with Gasteiger partial charge in [0.05, 0.1) is 11.4 Å². The molecule has 0 aromatic heterocycles. The highest BCUT2D eigenvalue weighted by Gasteiger charge is 2.33. The van der Waals surface area contributed by atoms with Gasteiger partial charge in [-0.3, -0.25) is 18.7 Å². The number of hydrogen-bond donors (Lipinski definition) is 6. The van der Waals surface area contributed by atoms with Crippen LogP contribution < -0.4 is 10.6 Å². The third-order valence-corrected chi connectivity index (χ3v) is 9.85. The molecular weight excluding hydrogens is 717 g/mol. The van der Waals surface area contributed by atoms with Gasteiger partial charge in [0.25, 0.3) is 32.1 Å². The van der Waals surface area contributed by atoms with Gasteiger partial charge < -0.3 is 20.8 Å². The van der Waals surface area contributed by atoms with Crippen LogP contribution in [0.4, 0.5) is 16.2 Å². The first-order chi connectivity index (χ1) is 24.6. The molecule has 2 aliphatic carbocycles. The average Bonchev–Trinajstić information content (AvgIpc) is 3.10. The first-order valence-electron chi connectivity index (χ1n) is 15.1. The molecule has 4 amide bonds. The van der Waals surface area contributed by atoms with Crippen LogP contribution >= 0.6 is 0 Å². The molecule has 4 aromatic rings. The smallest absolute Gasteiger partial charge is 0.323 e. The van der Waals surface area contributed by atoms with E-state index in [2.05, 4.69) is 20.6 Å². The summed E-state index contributed by atoms with van der Waals surface area (Å²) >= 11 is 0. The van der Waals surface area contributed by atoms with E-state index in [-0.39, 0.29) is 33.7 Å². The zero-order valence-electron chi connectivity index (χ0n) is 26.4. The van der Waals surface area contributed by atoms with E-state index in [0.717, 1.165) is 12.2 Å². The Kier molecular flexibility index (Phi) is 9.65. The highest BCUT2D eigenvalue weighted by Crippen LogP contribution is 2.35. The number of aliphatic hydroxyl groups excluding tert-OH is 2. The van der Waals surface area contributed by atoms with Crippen molar-refractivity contribution in [1.29, 1.82) is 0 Å². The Bertz CT molecular complexity index is 2320. The second-order valence-corrected chi connectivity index (χ2v) is 14.2. The van der Waals surface area contributed by atoms with Gasteiger partial charge in [0.1, 0.15) is 22.0 Å². The number of carbonyl (C=O) groups excluding carboxylic acids is 3. The lowest BCUT2D eigenvalue weighted by Gasteiger charge is -2.22. The normalized spacial score (nSPS) is 18.5. The summed E-state index contributed by atoms with van der Waals surface area (Å²) in [5.74, 6) is -1.52. The lowest BCUT2D eigenvalue weighted by Crippen LogP contribution is -2.21. The van der Waals surface area contributed by atoms with E-state index >= 15 is 0 Å². The van der Waals surface area contributed by atoms with Gasteiger partial charge >= 0.3 is 6.03 Å². The number of amides is 4. The summed E-state index contributed by atoms with van der Waals surface area (Å²) in [5, 5.41) is 26.0. The van der Waals surface area contributed by atoms with Crippen molar-refractivity contribution < 1.29 is 50.5 Å². The average molecular weight is 743 g/mol. The molecule has 6 N–H and O–H groups in total. The molecule has 2 aliphatic rings. The van der Waals surface area contributed by atoms with Gasteiger partial charge in [0.2, 0.25) is 0 Å². The topological polar surface area (TPSA) is 249 Å². The summed E-state index contributed by atoms with van der Waals surface area (Å²) in [6, 6.07) is 22.8. The van der Waals surface area contributed by atoms with Crippen LogP contribution in [0.3, 0.4) is 0 Å². The first kappa shape index (κ1) is 35.9. The number of urea groups is 1. The number of hydrogen-bond acceptors (Lipinski definition) is 9. The predicted molar refractivity (Wildman–Crippen MR) is 189 cm³/mol. The maximum absolute atomic E-state index is 13.0. The largest absolute Gasteiger partial charge is 0.383 e. The van der Waals surface area contributed by atoms with Crippen molar-refractivity contribution in [1.82, 2.24) is 0 Å². The number of fused-ring (bicyclic) bond motifs is 2. The molecule has 6 rings (SSSR count). The highest BCUT2D eigenvalue weighted by molar-refractivity contribution is 7.90. The third-order valence-electron chi connectivity index (χ3n) is 7.98. The number of aliphatic imine (C=N–C) groups is 2. The number of nitrogens with one attached hydrogen (secondary N) is 2. The van der Waals surface area contributed by atoms with Gasteiger partial charge in [-0.25, -0.2) is 14.8 Å². The molecule has 2 atom stereocenters. The molecule has 0 radical (unpaired) electrons. The van der Waals surface area contributed by atoms with Gasteiger partial charge in [-0.05, 0) is 71.8 Å². The predicted octanol–water partition coefficient (Wildman–Crippen LogP) is 4.23. The number of aliphatic hydroxyl groups is 2. The molecule has 0 spiro atoms. The maximum atomic E-state index is 13.0. The molecule has 0 saturated heterocycles. The van der Waals surface area contributed by atoms with Crippen LogP contribution in [-0.2, 0) is 20.2 Å². The minimum Gasteiger partial charge on any atom is -0.383 e. The van der Waals surface area contributed by atoms with Crippen molar-refractivity contribution in [3.63, 3.8) is 0 Å². The number of allylic oxidation sites excluding steroid dienone is 2. The van der Waals surface area contributed by atoms with Crippen LogP contribution in [0.15, 0.2) is 129 Å². The Labute approximate surface area is 295 Å². The molecule has 2 unspecified atom stereocenters. The molecular formula is C35H26N4O11S2. The molecule has 0 saturated carbocycles. The van der Waals surface area contributed by atoms with Crippen LogP contribution in [0.25, 0.3) is 0 Å². The van der Waals surface area contributed by atoms with Crippen molar-refractivity contribution in [3.8, 4) is 0 Å². The number of benzene rings is 4. The molecule has 264 valence electrons. The van der Waals surface area contributed by atoms with Gasteiger partial charge in [0.15, 0.2) is 0 Å². The molecule has 4 aromatic carbocycles. The molecule has 15 nitrogen and oxygen atoms in total. The van der Waals surface area contributed by atoms with Crippen LogP contribution in [0.1, 0.15) is 55.2 Å². The molecule has 17 heteroatoms. The zero-order chi connectivity index (χ0) is 37.4. The van der Waals surface area contributed by atoms with Crippen molar-refractivity contribution in [3.05, 3.63) is 152 Å². The van der Waals surface area contributed by atoms with Crippen LogP contribution in [-0.4, -0.2) is 65.4 Å². The number of rotatable bonds is 6. The Hall–Kier alpha value is -5.95. The van der Waals surface area contributed by atoms with Crippen LogP contribution in [0.5, 0.6) is 0 Å². The fraction of sp³-hybridized carbons (Fsp3) is 0.0571.